The summed E-state index contributed by atoms with van der Waals surface area (Å²) < 4.78 is 6.02. The Morgan fingerprint density at radius 2 is 1.66 bits per heavy atom. The van der Waals surface area contributed by atoms with Crippen molar-refractivity contribution in [2.24, 2.45) is 46.3 Å². The summed E-state index contributed by atoms with van der Waals surface area (Å²) in [5.74, 6) is 2.94. The second-order valence-electron chi connectivity index (χ2n) is 17.5. The molecule has 10 atom stereocenters. The Morgan fingerprint density at radius 1 is 0.962 bits per heavy atom. The smallest absolute Gasteiger partial charge is 0.411 e. The van der Waals surface area contributed by atoms with Gasteiger partial charge in [0, 0.05) is 47.4 Å². The second-order valence-corrected chi connectivity index (χ2v) is 18.4. The molecule has 4 aliphatic rings. The monoisotopic (exact) mass is 763 g/mol. The fraction of sp³-hybridized carbons (Fsp3) is 0.614. The van der Waals surface area contributed by atoms with Crippen LogP contribution in [0.15, 0.2) is 49.1 Å². The lowest BCUT2D eigenvalue weighted by Gasteiger charge is -2.63. The van der Waals surface area contributed by atoms with Crippen molar-refractivity contribution in [3.05, 3.63) is 75.8 Å². The summed E-state index contributed by atoms with van der Waals surface area (Å²) in [4.78, 5) is 41.9. The standard InChI is InChI=1S/C44H59Cl2N3O4/c1-8-17-49(7)40(50)14-9-28(4)36-12-13-37-35-11-10-30-21-34(53-42(52)47-33-23-31(45)22-32(46)24-33)15-16-43(30,5)38(35)25-39(44(36,37)6)48-41(51)29-19-26(2)18-27(3)20-29/h8,18-20,22-24,28,30,34-39H,1,9-17,21,25H2,2-7H3,(H,47,52)(H,48,51)/t28-,30-,34-,35+,36-,37+,38+,39+,43+,44-/m1/s1. The van der Waals surface area contributed by atoms with E-state index in [9.17, 15) is 14.4 Å². The van der Waals surface area contributed by atoms with Gasteiger partial charge in [-0.05, 0) is 148 Å². The fourth-order valence-electron chi connectivity index (χ4n) is 11.8. The van der Waals surface area contributed by atoms with Crippen molar-refractivity contribution in [2.45, 2.75) is 111 Å². The van der Waals surface area contributed by atoms with Gasteiger partial charge in [0.05, 0.1) is 0 Å². The van der Waals surface area contributed by atoms with Crippen molar-refractivity contribution in [3.8, 4) is 0 Å². The van der Waals surface area contributed by atoms with Gasteiger partial charge in [-0.1, -0.05) is 67.2 Å². The first-order valence-electron chi connectivity index (χ1n) is 19.8. The number of amides is 3. The number of carbonyl (C=O) groups excluding carboxylic acids is 3. The minimum atomic E-state index is -0.478. The van der Waals surface area contributed by atoms with Crippen LogP contribution >= 0.6 is 23.2 Å². The van der Waals surface area contributed by atoms with E-state index >= 15 is 0 Å². The normalized spacial score (nSPS) is 32.3. The summed E-state index contributed by atoms with van der Waals surface area (Å²) in [5.41, 5.74) is 3.45. The number of fused-ring (bicyclic) bond motifs is 5. The van der Waals surface area contributed by atoms with Gasteiger partial charge in [-0.2, -0.15) is 0 Å². The molecule has 0 saturated heterocycles. The maximum absolute atomic E-state index is 14.2. The predicted molar refractivity (Wildman–Crippen MR) is 214 cm³/mol. The largest absolute Gasteiger partial charge is 0.446 e. The van der Waals surface area contributed by atoms with Crippen LogP contribution in [0, 0.1) is 60.2 Å². The molecule has 4 saturated carbocycles. The zero-order chi connectivity index (χ0) is 38.2. The number of aryl methyl sites for hydroxylation is 2. The van der Waals surface area contributed by atoms with E-state index in [1.165, 1.54) is 0 Å². The van der Waals surface area contributed by atoms with Crippen LogP contribution in [0.2, 0.25) is 10.0 Å². The number of benzene rings is 2. The average molecular weight is 765 g/mol. The lowest BCUT2D eigenvalue weighted by molar-refractivity contribution is -0.140. The van der Waals surface area contributed by atoms with E-state index in [-0.39, 0.29) is 34.8 Å². The minimum absolute atomic E-state index is 0.0152. The summed E-state index contributed by atoms with van der Waals surface area (Å²) in [7, 11) is 1.85. The number of hydrogen-bond donors (Lipinski definition) is 2. The number of anilines is 1. The molecule has 0 radical (unpaired) electrons. The second kappa shape index (κ2) is 16.0. The number of nitrogens with zero attached hydrogens (tertiary/aromatic N) is 1. The zero-order valence-corrected chi connectivity index (χ0v) is 34.0. The highest BCUT2D eigenvalue weighted by Gasteiger charge is 2.64. The van der Waals surface area contributed by atoms with Crippen LogP contribution in [-0.4, -0.2) is 48.5 Å². The summed E-state index contributed by atoms with van der Waals surface area (Å²) >= 11 is 12.3. The average Bonchev–Trinajstić information content (AvgIpc) is 3.45. The Labute approximate surface area is 327 Å². The van der Waals surface area contributed by atoms with Crippen molar-refractivity contribution in [3.63, 3.8) is 0 Å². The van der Waals surface area contributed by atoms with Gasteiger partial charge in [0.1, 0.15) is 6.10 Å². The summed E-state index contributed by atoms with van der Waals surface area (Å²) in [6.45, 7) is 15.8. The first kappa shape index (κ1) is 39.7. The molecule has 0 bridgehead atoms. The molecule has 4 fully saturated rings. The SMILES string of the molecule is C=CCN(C)C(=O)CC[C@@H](C)[C@H]1CC[C@H]2[C@@H]3CC[C@@H]4C[C@H](OC(=O)Nc5cc(Cl)cc(Cl)c5)CC[C@]4(C)[C@H]3C[C@H](NC(=O)c3cc(C)cc(C)c3)[C@]12C. The van der Waals surface area contributed by atoms with Gasteiger partial charge in [0.25, 0.3) is 5.91 Å². The number of carbonyl (C=O) groups is 3. The third-order valence-electron chi connectivity index (χ3n) is 14.3. The Balaban J connectivity index is 1.21. The number of halogens is 2. The molecular formula is C44H59Cl2N3O4. The number of ether oxygens (including phenoxy) is 1. The lowest BCUT2D eigenvalue weighted by atomic mass is 9.43. The zero-order valence-electron chi connectivity index (χ0n) is 32.5. The van der Waals surface area contributed by atoms with E-state index < -0.39 is 6.09 Å². The Bertz CT molecular complexity index is 1670. The van der Waals surface area contributed by atoms with Crippen LogP contribution in [0.3, 0.4) is 0 Å². The van der Waals surface area contributed by atoms with Gasteiger partial charge in [-0.3, -0.25) is 14.9 Å². The van der Waals surface area contributed by atoms with Gasteiger partial charge in [-0.25, -0.2) is 4.79 Å². The molecule has 2 aromatic carbocycles. The van der Waals surface area contributed by atoms with Gasteiger partial charge < -0.3 is 15.0 Å². The van der Waals surface area contributed by atoms with Crippen LogP contribution in [0.1, 0.15) is 106 Å². The number of rotatable bonds is 10. The Hall–Kier alpha value is -3.03. The molecule has 0 unspecified atom stereocenters. The number of likely N-dealkylation sites (N-methyl/N-ethyl adjacent to an activating group) is 1. The fourth-order valence-corrected chi connectivity index (χ4v) is 12.3. The number of hydrogen-bond acceptors (Lipinski definition) is 4. The molecule has 53 heavy (non-hydrogen) atoms. The highest BCUT2D eigenvalue weighted by atomic mass is 35.5. The summed E-state index contributed by atoms with van der Waals surface area (Å²) in [6, 6.07) is 11.1. The quantitative estimate of drug-likeness (QED) is 0.236. The molecule has 3 amide bonds. The molecule has 0 aliphatic heterocycles. The molecule has 0 heterocycles. The van der Waals surface area contributed by atoms with Crippen molar-refractivity contribution >= 4 is 46.8 Å². The van der Waals surface area contributed by atoms with Gasteiger partial charge in [-0.15, -0.1) is 6.58 Å². The first-order chi connectivity index (χ1) is 25.1. The highest BCUT2D eigenvalue weighted by Crippen LogP contribution is 2.68. The maximum Gasteiger partial charge on any atom is 0.411 e. The van der Waals surface area contributed by atoms with E-state index in [0.29, 0.717) is 64.2 Å². The van der Waals surface area contributed by atoms with Crippen molar-refractivity contribution in [1.82, 2.24) is 10.2 Å². The molecule has 6 rings (SSSR count). The molecule has 7 nitrogen and oxygen atoms in total. The number of nitrogens with one attached hydrogen (secondary N) is 2. The third-order valence-corrected chi connectivity index (χ3v) is 14.8. The van der Waals surface area contributed by atoms with E-state index in [2.05, 4.69) is 44.1 Å². The van der Waals surface area contributed by atoms with Gasteiger partial charge in [0.2, 0.25) is 5.91 Å². The van der Waals surface area contributed by atoms with E-state index in [1.54, 1.807) is 29.2 Å². The van der Waals surface area contributed by atoms with Crippen LogP contribution in [-0.2, 0) is 9.53 Å². The van der Waals surface area contributed by atoms with Crippen molar-refractivity contribution in [2.75, 3.05) is 18.9 Å². The van der Waals surface area contributed by atoms with Crippen LogP contribution in [0.5, 0.6) is 0 Å². The molecule has 0 spiro atoms. The van der Waals surface area contributed by atoms with Crippen LogP contribution in [0.4, 0.5) is 10.5 Å². The van der Waals surface area contributed by atoms with Crippen LogP contribution < -0.4 is 10.6 Å². The first-order valence-corrected chi connectivity index (χ1v) is 20.6. The van der Waals surface area contributed by atoms with Crippen molar-refractivity contribution < 1.29 is 19.1 Å². The highest BCUT2D eigenvalue weighted by molar-refractivity contribution is 6.35. The van der Waals surface area contributed by atoms with Crippen molar-refractivity contribution in [1.29, 1.82) is 0 Å². The van der Waals surface area contributed by atoms with Gasteiger partial charge >= 0.3 is 6.09 Å². The van der Waals surface area contributed by atoms with E-state index in [0.717, 1.165) is 74.5 Å². The molecular weight excluding hydrogens is 705 g/mol. The topological polar surface area (TPSA) is 87.7 Å². The van der Waals surface area contributed by atoms with E-state index in [4.69, 9.17) is 27.9 Å². The maximum atomic E-state index is 14.2. The molecule has 2 N–H and O–H groups in total. The van der Waals surface area contributed by atoms with Gasteiger partial charge in [0.15, 0.2) is 0 Å². The van der Waals surface area contributed by atoms with Crippen LogP contribution in [0.25, 0.3) is 0 Å². The molecule has 288 valence electrons. The molecule has 0 aromatic heterocycles. The summed E-state index contributed by atoms with van der Waals surface area (Å²) in [5, 5.41) is 7.40. The summed E-state index contributed by atoms with van der Waals surface area (Å²) in [6.07, 6.45) is 10.7. The minimum Gasteiger partial charge on any atom is -0.446 e. The molecule has 4 aliphatic carbocycles. The third kappa shape index (κ3) is 8.17. The molecule has 2 aromatic rings. The Kier molecular flexibility index (Phi) is 12.0. The lowest BCUT2D eigenvalue weighted by Crippen LogP contribution is -2.62. The van der Waals surface area contributed by atoms with E-state index in [1.807, 2.05) is 33.0 Å². The Morgan fingerprint density at radius 3 is 2.34 bits per heavy atom. The predicted octanol–water partition coefficient (Wildman–Crippen LogP) is 10.7. The molecule has 9 heteroatoms.